The van der Waals surface area contributed by atoms with Crippen molar-refractivity contribution in [1.82, 2.24) is 15.0 Å². The summed E-state index contributed by atoms with van der Waals surface area (Å²) in [4.78, 5) is 22.3. The lowest BCUT2D eigenvalue weighted by molar-refractivity contribution is -0.137. The number of aromatic nitrogens is 3. The number of nitrogens with zero attached hydrogens (tertiary/aromatic N) is 3. The van der Waals surface area contributed by atoms with Crippen molar-refractivity contribution in [2.24, 2.45) is 0 Å². The number of carboxylic acids is 1. The molecule has 0 aliphatic carbocycles. The first-order valence-electron chi connectivity index (χ1n) is 5.91. The fourth-order valence-corrected chi connectivity index (χ4v) is 1.55. The van der Waals surface area contributed by atoms with E-state index in [1.807, 2.05) is 0 Å². The Hall–Kier alpha value is -3.10. The van der Waals surface area contributed by atoms with E-state index in [0.717, 1.165) is 4.68 Å². The van der Waals surface area contributed by atoms with Crippen LogP contribution in [0.1, 0.15) is 0 Å². The molecule has 0 radical (unpaired) electrons. The number of nitrogens with one attached hydrogen (secondary N) is 2. The van der Waals surface area contributed by atoms with Crippen molar-refractivity contribution in [1.29, 1.82) is 0 Å². The maximum atomic E-state index is 11.8. The molecule has 2 rings (SSSR count). The first-order chi connectivity index (χ1) is 10.1. The number of aliphatic carboxylic acids is 1. The summed E-state index contributed by atoms with van der Waals surface area (Å²) in [6.07, 6.45) is 1.32. The molecular formula is C12H13N5O4. The molecule has 0 saturated heterocycles. The van der Waals surface area contributed by atoms with Crippen molar-refractivity contribution in [2.75, 3.05) is 17.7 Å². The number of urea groups is 1. The van der Waals surface area contributed by atoms with Crippen LogP contribution in [0.2, 0.25) is 0 Å². The highest BCUT2D eigenvalue weighted by Gasteiger charge is 2.08. The monoisotopic (exact) mass is 291 g/mol. The summed E-state index contributed by atoms with van der Waals surface area (Å²) in [5, 5.41) is 20.8. The molecule has 0 unspecified atom stereocenters. The number of hydrogen-bond acceptors (Lipinski definition) is 5. The fraction of sp³-hybridized carbons (Fsp3) is 0.167. The molecule has 0 spiro atoms. The van der Waals surface area contributed by atoms with E-state index in [1.54, 1.807) is 24.3 Å². The van der Waals surface area contributed by atoms with Crippen molar-refractivity contribution in [3.63, 3.8) is 0 Å². The molecule has 0 aliphatic heterocycles. The van der Waals surface area contributed by atoms with Crippen LogP contribution >= 0.6 is 0 Å². The average Bonchev–Trinajstić information content (AvgIpc) is 2.85. The number of carbonyl (C=O) groups excluding carboxylic acids is 1. The predicted octanol–water partition coefficient (Wildman–Crippen LogP) is 1.02. The normalized spacial score (nSPS) is 9.95. The third kappa shape index (κ3) is 4.20. The van der Waals surface area contributed by atoms with Gasteiger partial charge in [0.25, 0.3) is 0 Å². The van der Waals surface area contributed by atoms with Gasteiger partial charge in [0, 0.05) is 11.8 Å². The van der Waals surface area contributed by atoms with Gasteiger partial charge in [-0.3, -0.25) is 10.1 Å². The Labute approximate surface area is 119 Å². The van der Waals surface area contributed by atoms with Crippen LogP contribution in [-0.4, -0.2) is 39.2 Å². The number of hydrogen-bond donors (Lipinski definition) is 3. The van der Waals surface area contributed by atoms with E-state index in [9.17, 15) is 9.59 Å². The van der Waals surface area contributed by atoms with Gasteiger partial charge in [-0.05, 0) is 12.1 Å². The van der Waals surface area contributed by atoms with Gasteiger partial charge in [0.15, 0.2) is 5.82 Å². The van der Waals surface area contributed by atoms with Gasteiger partial charge in [0.2, 0.25) is 0 Å². The molecule has 0 saturated carbocycles. The summed E-state index contributed by atoms with van der Waals surface area (Å²) >= 11 is 0. The third-order valence-corrected chi connectivity index (χ3v) is 2.41. The third-order valence-electron chi connectivity index (χ3n) is 2.41. The molecule has 0 aliphatic rings. The fourth-order valence-electron chi connectivity index (χ4n) is 1.55. The lowest BCUT2D eigenvalue weighted by Crippen LogP contribution is -2.19. The molecule has 9 nitrogen and oxygen atoms in total. The molecule has 1 aromatic carbocycles. The van der Waals surface area contributed by atoms with Crippen LogP contribution < -0.4 is 15.4 Å². The van der Waals surface area contributed by atoms with Crippen LogP contribution in [0.25, 0.3) is 0 Å². The number of amides is 2. The van der Waals surface area contributed by atoms with Crippen LogP contribution in [0, 0.1) is 0 Å². The second-order valence-electron chi connectivity index (χ2n) is 4.01. The number of rotatable bonds is 5. The summed E-state index contributed by atoms with van der Waals surface area (Å²) in [6.45, 7) is -0.327. The van der Waals surface area contributed by atoms with Crippen LogP contribution in [0.5, 0.6) is 5.75 Å². The summed E-state index contributed by atoms with van der Waals surface area (Å²) in [5.74, 6) is -0.288. The topological polar surface area (TPSA) is 118 Å². The molecule has 110 valence electrons. The van der Waals surface area contributed by atoms with Crippen LogP contribution in [-0.2, 0) is 11.3 Å². The molecule has 0 fully saturated rings. The van der Waals surface area contributed by atoms with Crippen LogP contribution in [0.4, 0.5) is 16.3 Å². The summed E-state index contributed by atoms with van der Waals surface area (Å²) in [5.41, 5.74) is 0.546. The van der Waals surface area contributed by atoms with Crippen LogP contribution in [0.15, 0.2) is 30.5 Å². The van der Waals surface area contributed by atoms with E-state index in [-0.39, 0.29) is 12.4 Å². The van der Waals surface area contributed by atoms with E-state index in [0.29, 0.717) is 11.4 Å². The number of anilines is 2. The molecule has 1 aromatic heterocycles. The van der Waals surface area contributed by atoms with Crippen molar-refractivity contribution >= 4 is 23.5 Å². The number of methoxy groups -OCH3 is 1. The van der Waals surface area contributed by atoms with E-state index >= 15 is 0 Å². The zero-order valence-electron chi connectivity index (χ0n) is 11.1. The van der Waals surface area contributed by atoms with Gasteiger partial charge < -0.3 is 15.2 Å². The lowest BCUT2D eigenvalue weighted by atomic mass is 10.3. The summed E-state index contributed by atoms with van der Waals surface area (Å²) in [7, 11) is 1.53. The minimum Gasteiger partial charge on any atom is -0.497 e. The molecule has 2 amide bonds. The zero-order valence-corrected chi connectivity index (χ0v) is 11.1. The highest BCUT2D eigenvalue weighted by atomic mass is 16.5. The minimum atomic E-state index is -1.05. The van der Waals surface area contributed by atoms with Crippen molar-refractivity contribution < 1.29 is 19.4 Å². The maximum absolute atomic E-state index is 11.8. The molecule has 21 heavy (non-hydrogen) atoms. The first-order valence-corrected chi connectivity index (χ1v) is 5.91. The standard InChI is InChI=1S/C12H13N5O4/c1-21-9-4-2-3-8(5-9)13-12(20)14-10-6-17(16-15-10)7-11(18)19/h2-6H,7H2,1H3,(H,18,19)(H2,13,14,20). The second-order valence-corrected chi connectivity index (χ2v) is 4.01. The Kier molecular flexibility index (Phi) is 4.34. The maximum Gasteiger partial charge on any atom is 0.325 e. The Balaban J connectivity index is 1.94. The van der Waals surface area contributed by atoms with Gasteiger partial charge in [0.05, 0.1) is 13.3 Å². The van der Waals surface area contributed by atoms with Gasteiger partial charge in [-0.15, -0.1) is 5.10 Å². The number of benzene rings is 1. The Morgan fingerprint density at radius 1 is 1.38 bits per heavy atom. The Morgan fingerprint density at radius 3 is 2.90 bits per heavy atom. The molecule has 2 aromatic rings. The lowest BCUT2D eigenvalue weighted by Gasteiger charge is -2.06. The van der Waals surface area contributed by atoms with Gasteiger partial charge in [-0.25, -0.2) is 9.48 Å². The van der Waals surface area contributed by atoms with Gasteiger partial charge in [-0.2, -0.15) is 0 Å². The van der Waals surface area contributed by atoms with Gasteiger partial charge in [-0.1, -0.05) is 11.3 Å². The van der Waals surface area contributed by atoms with E-state index in [2.05, 4.69) is 20.9 Å². The zero-order chi connectivity index (χ0) is 15.2. The molecular weight excluding hydrogens is 278 g/mol. The van der Waals surface area contributed by atoms with Gasteiger partial charge >= 0.3 is 12.0 Å². The molecule has 0 atom stereocenters. The number of carboxylic acid groups (broad SMARTS) is 1. The smallest absolute Gasteiger partial charge is 0.325 e. The first kappa shape index (κ1) is 14.3. The molecule has 9 heteroatoms. The summed E-state index contributed by atoms with van der Waals surface area (Å²) in [6, 6.07) is 6.31. The van der Waals surface area contributed by atoms with Crippen molar-refractivity contribution in [3.8, 4) is 5.75 Å². The Bertz CT molecular complexity index is 655. The highest BCUT2D eigenvalue weighted by Crippen LogP contribution is 2.16. The van der Waals surface area contributed by atoms with Gasteiger partial charge in [0.1, 0.15) is 12.3 Å². The SMILES string of the molecule is COc1cccc(NC(=O)Nc2cn(CC(=O)O)nn2)c1. The quantitative estimate of drug-likeness (QED) is 0.756. The van der Waals surface area contributed by atoms with Crippen molar-refractivity contribution in [2.45, 2.75) is 6.54 Å². The van der Waals surface area contributed by atoms with Crippen molar-refractivity contribution in [3.05, 3.63) is 30.5 Å². The summed E-state index contributed by atoms with van der Waals surface area (Å²) < 4.78 is 6.14. The van der Waals surface area contributed by atoms with Crippen LogP contribution in [0.3, 0.4) is 0 Å². The van der Waals surface area contributed by atoms with E-state index < -0.39 is 12.0 Å². The highest BCUT2D eigenvalue weighted by molar-refractivity contribution is 5.99. The second kappa shape index (κ2) is 6.37. The number of carbonyl (C=O) groups is 2. The molecule has 3 N–H and O–H groups in total. The van der Waals surface area contributed by atoms with E-state index in [1.165, 1.54) is 13.3 Å². The van der Waals surface area contributed by atoms with E-state index in [4.69, 9.17) is 9.84 Å². The largest absolute Gasteiger partial charge is 0.497 e. The molecule has 0 bridgehead atoms. The minimum absolute atomic E-state index is 0.150. The molecule has 1 heterocycles. The number of ether oxygens (including phenoxy) is 1. The Morgan fingerprint density at radius 2 is 2.19 bits per heavy atom. The predicted molar refractivity (Wildman–Crippen MR) is 73.3 cm³/mol. The average molecular weight is 291 g/mol.